The second-order valence-electron chi connectivity index (χ2n) is 6.06. The van der Waals surface area contributed by atoms with Crippen LogP contribution >= 0.6 is 12.2 Å². The number of benzene rings is 1. The van der Waals surface area contributed by atoms with Crippen LogP contribution < -0.4 is 5.32 Å². The fraction of sp³-hybridized carbons (Fsp3) is 0.632. The summed E-state index contributed by atoms with van der Waals surface area (Å²) < 4.78 is 0. The van der Waals surface area contributed by atoms with Gasteiger partial charge in [0.15, 0.2) is 5.11 Å². The molecule has 22 heavy (non-hydrogen) atoms. The molecule has 2 nitrogen and oxygen atoms in total. The lowest BCUT2D eigenvalue weighted by Crippen LogP contribution is -2.36. The van der Waals surface area contributed by atoms with Crippen molar-refractivity contribution < 1.29 is 0 Å². The first-order chi connectivity index (χ1) is 10.6. The smallest absolute Gasteiger partial charge is 0.173 e. The molecule has 1 unspecified atom stereocenters. The molecular weight excluding hydrogens is 288 g/mol. The van der Waals surface area contributed by atoms with Gasteiger partial charge in [-0.15, -0.1) is 0 Å². The lowest BCUT2D eigenvalue weighted by atomic mass is 9.99. The summed E-state index contributed by atoms with van der Waals surface area (Å²) in [7, 11) is 0. The van der Waals surface area contributed by atoms with Gasteiger partial charge in [-0.05, 0) is 55.1 Å². The van der Waals surface area contributed by atoms with Crippen molar-refractivity contribution >= 4 is 23.0 Å². The maximum absolute atomic E-state index is 5.61. The van der Waals surface area contributed by atoms with E-state index in [1.807, 2.05) is 0 Å². The lowest BCUT2D eigenvalue weighted by molar-refractivity contribution is 0.403. The van der Waals surface area contributed by atoms with E-state index in [1.165, 1.54) is 37.7 Å². The molecular formula is C19H32N2S. The molecule has 0 heterocycles. The van der Waals surface area contributed by atoms with Crippen molar-refractivity contribution in [2.24, 2.45) is 0 Å². The summed E-state index contributed by atoms with van der Waals surface area (Å²) in [5, 5.41) is 4.26. The molecule has 0 spiro atoms. The fourth-order valence-electron chi connectivity index (χ4n) is 2.35. The standard InChI is InChI=1S/C19H32N2S/c1-5-8-14-21(15-9-6-2)19(22)20-18-12-10-17(11-13-18)16(4)7-3/h10-13,16H,5-9,14-15H2,1-4H3,(H,20,22). The summed E-state index contributed by atoms with van der Waals surface area (Å²) in [6.45, 7) is 11.0. The van der Waals surface area contributed by atoms with Gasteiger partial charge in [-0.1, -0.05) is 52.7 Å². The number of rotatable bonds is 9. The minimum atomic E-state index is 0.617. The van der Waals surface area contributed by atoms with Gasteiger partial charge < -0.3 is 10.2 Å². The maximum atomic E-state index is 5.61. The molecule has 0 aliphatic carbocycles. The number of anilines is 1. The van der Waals surface area contributed by atoms with E-state index in [4.69, 9.17) is 12.2 Å². The van der Waals surface area contributed by atoms with Crippen LogP contribution in [0.15, 0.2) is 24.3 Å². The van der Waals surface area contributed by atoms with Crippen LogP contribution in [0.5, 0.6) is 0 Å². The summed E-state index contributed by atoms with van der Waals surface area (Å²) in [6.07, 6.45) is 5.97. The zero-order valence-electron chi connectivity index (χ0n) is 14.7. The van der Waals surface area contributed by atoms with Crippen LogP contribution in [0.1, 0.15) is 71.3 Å². The molecule has 1 atom stereocenters. The zero-order valence-corrected chi connectivity index (χ0v) is 15.5. The molecule has 1 aromatic rings. The van der Waals surface area contributed by atoms with Gasteiger partial charge in [-0.25, -0.2) is 0 Å². The Morgan fingerprint density at radius 3 is 2.05 bits per heavy atom. The Morgan fingerprint density at radius 1 is 1.05 bits per heavy atom. The van der Waals surface area contributed by atoms with Crippen molar-refractivity contribution in [1.29, 1.82) is 0 Å². The van der Waals surface area contributed by atoms with E-state index in [9.17, 15) is 0 Å². The molecule has 0 saturated carbocycles. The Bertz CT molecular complexity index is 420. The SMILES string of the molecule is CCCCN(CCCC)C(=S)Nc1ccc(C(C)CC)cc1. The van der Waals surface area contributed by atoms with E-state index in [0.29, 0.717) is 5.92 Å². The van der Waals surface area contributed by atoms with E-state index >= 15 is 0 Å². The Hall–Kier alpha value is -1.09. The number of unbranched alkanes of at least 4 members (excludes halogenated alkanes) is 2. The molecule has 1 rings (SSSR count). The van der Waals surface area contributed by atoms with E-state index in [0.717, 1.165) is 23.9 Å². The Kier molecular flexibility index (Phi) is 9.14. The van der Waals surface area contributed by atoms with Gasteiger partial charge in [0.1, 0.15) is 0 Å². The van der Waals surface area contributed by atoms with E-state index in [2.05, 4.69) is 62.2 Å². The average molecular weight is 321 g/mol. The Labute approximate surface area is 142 Å². The molecule has 0 aromatic heterocycles. The molecule has 0 saturated heterocycles. The van der Waals surface area contributed by atoms with Gasteiger partial charge >= 0.3 is 0 Å². The number of hydrogen-bond acceptors (Lipinski definition) is 1. The van der Waals surface area contributed by atoms with Gasteiger partial charge in [-0.2, -0.15) is 0 Å². The number of nitrogens with one attached hydrogen (secondary N) is 1. The molecule has 0 amide bonds. The highest BCUT2D eigenvalue weighted by atomic mass is 32.1. The summed E-state index contributed by atoms with van der Waals surface area (Å²) in [6, 6.07) is 8.71. The predicted molar refractivity (Wildman–Crippen MR) is 103 cm³/mol. The van der Waals surface area contributed by atoms with Crippen LogP contribution in [0.3, 0.4) is 0 Å². The molecule has 0 bridgehead atoms. The van der Waals surface area contributed by atoms with E-state index in [-0.39, 0.29) is 0 Å². The third kappa shape index (κ3) is 6.35. The molecule has 3 heteroatoms. The largest absolute Gasteiger partial charge is 0.349 e. The van der Waals surface area contributed by atoms with Gasteiger partial charge in [0, 0.05) is 18.8 Å². The second-order valence-corrected chi connectivity index (χ2v) is 6.44. The highest BCUT2D eigenvalue weighted by Gasteiger charge is 2.09. The van der Waals surface area contributed by atoms with Crippen molar-refractivity contribution in [3.05, 3.63) is 29.8 Å². The molecule has 0 radical (unpaired) electrons. The molecule has 0 aliphatic rings. The topological polar surface area (TPSA) is 15.3 Å². The Balaban J connectivity index is 2.63. The van der Waals surface area contributed by atoms with Crippen molar-refractivity contribution in [1.82, 2.24) is 4.90 Å². The zero-order chi connectivity index (χ0) is 16.4. The summed E-state index contributed by atoms with van der Waals surface area (Å²) in [5.74, 6) is 0.617. The second kappa shape index (κ2) is 10.6. The van der Waals surface area contributed by atoms with Gasteiger partial charge in [0.05, 0.1) is 0 Å². The van der Waals surface area contributed by atoms with Crippen LogP contribution in [0, 0.1) is 0 Å². The summed E-state index contributed by atoms with van der Waals surface area (Å²) in [5.41, 5.74) is 2.49. The molecule has 0 fully saturated rings. The monoisotopic (exact) mass is 320 g/mol. The number of thiocarbonyl (C=S) groups is 1. The van der Waals surface area contributed by atoms with E-state index in [1.54, 1.807) is 0 Å². The molecule has 0 aliphatic heterocycles. The van der Waals surface area contributed by atoms with Gasteiger partial charge in [0.25, 0.3) is 0 Å². The van der Waals surface area contributed by atoms with Crippen molar-refractivity contribution in [3.63, 3.8) is 0 Å². The van der Waals surface area contributed by atoms with Crippen LogP contribution in [0.2, 0.25) is 0 Å². The van der Waals surface area contributed by atoms with Crippen LogP contribution in [-0.2, 0) is 0 Å². The maximum Gasteiger partial charge on any atom is 0.173 e. The van der Waals surface area contributed by atoms with Crippen LogP contribution in [0.25, 0.3) is 0 Å². The van der Waals surface area contributed by atoms with E-state index < -0.39 is 0 Å². The van der Waals surface area contributed by atoms with Crippen molar-refractivity contribution in [2.45, 2.75) is 65.7 Å². The quantitative estimate of drug-likeness (QED) is 0.579. The highest BCUT2D eigenvalue weighted by molar-refractivity contribution is 7.80. The average Bonchev–Trinajstić information content (AvgIpc) is 2.54. The van der Waals surface area contributed by atoms with Gasteiger partial charge in [-0.3, -0.25) is 0 Å². The van der Waals surface area contributed by atoms with Gasteiger partial charge in [0.2, 0.25) is 0 Å². The first kappa shape index (κ1) is 19.0. The van der Waals surface area contributed by atoms with Crippen molar-refractivity contribution in [2.75, 3.05) is 18.4 Å². The first-order valence-corrected chi connectivity index (χ1v) is 9.19. The number of nitrogens with zero attached hydrogens (tertiary/aromatic N) is 1. The third-order valence-electron chi connectivity index (χ3n) is 4.19. The molecule has 1 aromatic carbocycles. The highest BCUT2D eigenvalue weighted by Crippen LogP contribution is 2.20. The predicted octanol–water partition coefficient (Wildman–Crippen LogP) is 5.80. The normalized spacial score (nSPS) is 12.0. The van der Waals surface area contributed by atoms with Crippen molar-refractivity contribution in [3.8, 4) is 0 Å². The first-order valence-electron chi connectivity index (χ1n) is 8.78. The fourth-order valence-corrected chi connectivity index (χ4v) is 2.65. The molecule has 1 N–H and O–H groups in total. The Morgan fingerprint density at radius 2 is 1.59 bits per heavy atom. The van der Waals surface area contributed by atoms with Crippen LogP contribution in [0.4, 0.5) is 5.69 Å². The number of hydrogen-bond donors (Lipinski definition) is 1. The summed E-state index contributed by atoms with van der Waals surface area (Å²) in [4.78, 5) is 2.31. The van der Waals surface area contributed by atoms with Crippen LogP contribution in [-0.4, -0.2) is 23.1 Å². The lowest BCUT2D eigenvalue weighted by Gasteiger charge is -2.26. The third-order valence-corrected chi connectivity index (χ3v) is 4.55. The minimum Gasteiger partial charge on any atom is -0.349 e. The minimum absolute atomic E-state index is 0.617. The molecule has 124 valence electrons. The summed E-state index contributed by atoms with van der Waals surface area (Å²) >= 11 is 5.61.